The van der Waals surface area contributed by atoms with Gasteiger partial charge in [-0.2, -0.15) is 13.2 Å². The van der Waals surface area contributed by atoms with E-state index in [1.54, 1.807) is 0 Å². The van der Waals surface area contributed by atoms with Gasteiger partial charge in [0, 0.05) is 10.5 Å². The number of phenols is 2. The van der Waals surface area contributed by atoms with E-state index in [1.807, 2.05) is 0 Å². The van der Waals surface area contributed by atoms with Crippen LogP contribution in [0.2, 0.25) is 0 Å². The zero-order chi connectivity index (χ0) is 16.3. The van der Waals surface area contributed by atoms with E-state index in [1.165, 1.54) is 24.3 Å². The highest BCUT2D eigenvalue weighted by Gasteiger charge is 2.33. The van der Waals surface area contributed by atoms with E-state index in [-0.39, 0.29) is 22.0 Å². The number of hydrogen-bond acceptors (Lipinski definition) is 4. The maximum absolute atomic E-state index is 12.8. The molecule has 116 valence electrons. The molecule has 22 heavy (non-hydrogen) atoms. The quantitative estimate of drug-likeness (QED) is 0.504. The predicted octanol–water partition coefficient (Wildman–Crippen LogP) is 4.09. The van der Waals surface area contributed by atoms with Gasteiger partial charge in [-0.3, -0.25) is 4.79 Å². The van der Waals surface area contributed by atoms with Crippen LogP contribution in [0.3, 0.4) is 0 Å². The third-order valence-corrected chi connectivity index (χ3v) is 3.92. The van der Waals surface area contributed by atoms with Gasteiger partial charge in [-0.1, -0.05) is 12.1 Å². The van der Waals surface area contributed by atoms with Crippen molar-refractivity contribution < 1.29 is 28.2 Å². The van der Waals surface area contributed by atoms with Gasteiger partial charge in [0.15, 0.2) is 17.3 Å². The second-order valence-electron chi connectivity index (χ2n) is 4.41. The topological polar surface area (TPSA) is 57.5 Å². The average molecular weight is 328 g/mol. The van der Waals surface area contributed by atoms with Crippen molar-refractivity contribution in [1.82, 2.24) is 0 Å². The maximum atomic E-state index is 12.8. The van der Waals surface area contributed by atoms with Crippen LogP contribution in [0, 0.1) is 0 Å². The van der Waals surface area contributed by atoms with Crippen molar-refractivity contribution in [3.05, 3.63) is 53.6 Å². The summed E-state index contributed by atoms with van der Waals surface area (Å²) in [6.45, 7) is 0. The van der Waals surface area contributed by atoms with Gasteiger partial charge in [-0.05, 0) is 30.3 Å². The lowest BCUT2D eigenvalue weighted by Gasteiger charge is -2.11. The number of carbonyl (C=O) groups is 1. The van der Waals surface area contributed by atoms with E-state index in [0.29, 0.717) is 0 Å². The molecule has 0 unspecified atom stereocenters. The highest BCUT2D eigenvalue weighted by Crippen LogP contribution is 2.36. The summed E-state index contributed by atoms with van der Waals surface area (Å²) in [6.07, 6.45) is -4.48. The molecule has 0 amide bonds. The number of carbonyl (C=O) groups excluding carboxylic acids is 1. The minimum absolute atomic E-state index is 0.0358. The van der Waals surface area contributed by atoms with Crippen LogP contribution in [-0.2, 0) is 6.18 Å². The lowest BCUT2D eigenvalue weighted by molar-refractivity contribution is -0.139. The lowest BCUT2D eigenvalue weighted by Crippen LogP contribution is -2.08. The van der Waals surface area contributed by atoms with Gasteiger partial charge in [-0.15, -0.1) is 11.8 Å². The first-order chi connectivity index (χ1) is 10.3. The number of benzene rings is 2. The van der Waals surface area contributed by atoms with Gasteiger partial charge < -0.3 is 10.2 Å². The van der Waals surface area contributed by atoms with E-state index in [9.17, 15) is 23.1 Å². The Labute approximate surface area is 128 Å². The van der Waals surface area contributed by atoms with Crippen molar-refractivity contribution in [2.75, 3.05) is 5.75 Å². The first-order valence-electron chi connectivity index (χ1n) is 6.13. The van der Waals surface area contributed by atoms with Crippen LogP contribution in [0.4, 0.5) is 13.2 Å². The molecule has 2 rings (SSSR count). The van der Waals surface area contributed by atoms with Crippen molar-refractivity contribution in [3.63, 3.8) is 0 Å². The van der Waals surface area contributed by atoms with Crippen LogP contribution in [0.1, 0.15) is 15.9 Å². The molecule has 0 fully saturated rings. The molecule has 0 atom stereocenters. The molecule has 0 heterocycles. The molecule has 0 aliphatic carbocycles. The monoisotopic (exact) mass is 328 g/mol. The van der Waals surface area contributed by atoms with Crippen molar-refractivity contribution in [2.45, 2.75) is 11.1 Å². The molecule has 0 aromatic heterocycles. The van der Waals surface area contributed by atoms with Gasteiger partial charge in [0.05, 0.1) is 11.3 Å². The number of alkyl halides is 3. The fraction of sp³-hybridized carbons (Fsp3) is 0.133. The minimum atomic E-state index is -4.48. The summed E-state index contributed by atoms with van der Waals surface area (Å²) in [5, 5.41) is 18.5. The van der Waals surface area contributed by atoms with Gasteiger partial charge in [-0.25, -0.2) is 0 Å². The summed E-state index contributed by atoms with van der Waals surface area (Å²) in [5.74, 6) is -1.48. The smallest absolute Gasteiger partial charge is 0.417 e. The van der Waals surface area contributed by atoms with Crippen LogP contribution in [0.5, 0.6) is 11.5 Å². The lowest BCUT2D eigenvalue weighted by atomic mass is 10.1. The molecule has 2 aromatic carbocycles. The Morgan fingerprint density at radius 2 is 1.73 bits per heavy atom. The average Bonchev–Trinajstić information content (AvgIpc) is 2.47. The zero-order valence-electron chi connectivity index (χ0n) is 11.1. The van der Waals surface area contributed by atoms with Crippen molar-refractivity contribution in [2.24, 2.45) is 0 Å². The highest BCUT2D eigenvalue weighted by atomic mass is 32.2. The minimum Gasteiger partial charge on any atom is -0.504 e. The van der Waals surface area contributed by atoms with Gasteiger partial charge in [0.25, 0.3) is 0 Å². The molecule has 0 saturated heterocycles. The fourth-order valence-corrected chi connectivity index (χ4v) is 2.72. The molecular formula is C15H11F3O3S. The number of thioether (sulfide) groups is 1. The molecule has 3 nitrogen and oxygen atoms in total. The molecule has 2 aromatic rings. The molecule has 0 saturated carbocycles. The number of halogens is 3. The third-order valence-electron chi connectivity index (χ3n) is 2.85. The number of rotatable bonds is 4. The number of Topliss-reactive ketones (excluding diaryl/α,β-unsaturated/α-hetero) is 1. The molecule has 0 radical (unpaired) electrons. The summed E-state index contributed by atoms with van der Waals surface area (Å²) in [4.78, 5) is 11.9. The number of aromatic hydroxyl groups is 2. The number of phenolic OH excluding ortho intramolecular Hbond substituents is 2. The normalized spacial score (nSPS) is 11.4. The third kappa shape index (κ3) is 3.73. The van der Waals surface area contributed by atoms with Crippen molar-refractivity contribution >= 4 is 17.5 Å². The Hall–Kier alpha value is -2.15. The Bertz CT molecular complexity index is 699. The van der Waals surface area contributed by atoms with Gasteiger partial charge in [0.2, 0.25) is 0 Å². The first kappa shape index (κ1) is 16.2. The molecule has 0 aliphatic heterocycles. The summed E-state index contributed by atoms with van der Waals surface area (Å²) in [6, 6.07) is 8.54. The van der Waals surface area contributed by atoms with Crippen LogP contribution in [0.15, 0.2) is 47.4 Å². The van der Waals surface area contributed by atoms with Crippen LogP contribution < -0.4 is 0 Å². The second kappa shape index (κ2) is 6.31. The fourth-order valence-electron chi connectivity index (χ4n) is 1.75. The van der Waals surface area contributed by atoms with Crippen molar-refractivity contribution in [3.8, 4) is 11.5 Å². The summed E-state index contributed by atoms with van der Waals surface area (Å²) in [7, 11) is 0. The van der Waals surface area contributed by atoms with Crippen LogP contribution >= 0.6 is 11.8 Å². The van der Waals surface area contributed by atoms with Gasteiger partial charge in [0.1, 0.15) is 0 Å². The van der Waals surface area contributed by atoms with Gasteiger partial charge >= 0.3 is 6.18 Å². The second-order valence-corrected chi connectivity index (χ2v) is 5.43. The van der Waals surface area contributed by atoms with E-state index in [0.717, 1.165) is 30.0 Å². The molecule has 7 heteroatoms. The van der Waals surface area contributed by atoms with E-state index >= 15 is 0 Å². The number of hydrogen-bond donors (Lipinski definition) is 2. The predicted molar refractivity (Wildman–Crippen MR) is 76.3 cm³/mol. The Kier molecular flexibility index (Phi) is 4.65. The summed E-state index contributed by atoms with van der Waals surface area (Å²) >= 11 is 0.773. The molecule has 0 aliphatic rings. The first-order valence-corrected chi connectivity index (χ1v) is 7.12. The molecule has 0 bridgehead atoms. The SMILES string of the molecule is O=C(CSc1ccccc1C(F)(F)F)c1ccc(O)c(O)c1. The standard InChI is InChI=1S/C15H11F3O3S/c16-15(17,18)10-3-1-2-4-14(10)22-8-13(21)9-5-6-11(19)12(20)7-9/h1-7,19-20H,8H2. The maximum Gasteiger partial charge on any atom is 0.417 e. The summed E-state index contributed by atoms with van der Waals surface area (Å²) in [5.41, 5.74) is -0.673. The van der Waals surface area contributed by atoms with Crippen molar-refractivity contribution in [1.29, 1.82) is 0 Å². The number of ketones is 1. The molecule has 2 N–H and O–H groups in total. The van der Waals surface area contributed by atoms with E-state index < -0.39 is 23.3 Å². The van der Waals surface area contributed by atoms with E-state index in [4.69, 9.17) is 5.11 Å². The van der Waals surface area contributed by atoms with E-state index in [2.05, 4.69) is 0 Å². The summed E-state index contributed by atoms with van der Waals surface area (Å²) < 4.78 is 38.5. The van der Waals surface area contributed by atoms with Crippen LogP contribution in [0.25, 0.3) is 0 Å². The largest absolute Gasteiger partial charge is 0.504 e. The zero-order valence-corrected chi connectivity index (χ0v) is 11.9. The highest BCUT2D eigenvalue weighted by molar-refractivity contribution is 8.00. The molecule has 0 spiro atoms. The van der Waals surface area contributed by atoms with Crippen LogP contribution in [-0.4, -0.2) is 21.7 Å². The Morgan fingerprint density at radius 3 is 2.36 bits per heavy atom. The Morgan fingerprint density at radius 1 is 1.05 bits per heavy atom. The molecular weight excluding hydrogens is 317 g/mol. The Balaban J connectivity index is 2.13.